The zero-order valence-corrected chi connectivity index (χ0v) is 25.0. The first kappa shape index (κ1) is 23.2. The van der Waals surface area contributed by atoms with Crippen molar-refractivity contribution in [2.75, 3.05) is 7.11 Å². The Balaban J connectivity index is 1.28. The normalized spacial score (nSPS) is 13.9. The molecular weight excluding hydrogens is 542 g/mol. The summed E-state index contributed by atoms with van der Waals surface area (Å²) in [6, 6.07) is 42.2. The second-order valence-electron chi connectivity index (χ2n) is 13.6. The molecule has 0 atom stereocenters. The molecule has 0 fully saturated rings. The minimum Gasteiger partial charge on any atom is -0.497 e. The van der Waals surface area contributed by atoms with Crippen molar-refractivity contribution in [3.8, 4) is 50.3 Å². The Hall–Kier alpha value is -5.27. The summed E-state index contributed by atoms with van der Waals surface area (Å²) in [4.78, 5) is 0. The van der Waals surface area contributed by atoms with Crippen LogP contribution in [0.4, 0.5) is 0 Å². The predicted octanol–water partition coefficient (Wildman–Crippen LogP) is 5.86. The lowest BCUT2D eigenvalue weighted by molar-refractivity contribution is 0.415. The maximum Gasteiger partial charge on any atom is 0.244 e. The quantitative estimate of drug-likeness (QED) is 0.179. The van der Waals surface area contributed by atoms with E-state index in [1.54, 1.807) is 7.11 Å². The average Bonchev–Trinajstić information content (AvgIpc) is 3.59. The molecule has 12 rings (SSSR count). The molecule has 0 aliphatic carbocycles. The molecule has 8 aromatic rings. The summed E-state index contributed by atoms with van der Waals surface area (Å²) in [5, 5.41) is 8.41. The molecule has 0 saturated carbocycles. The van der Waals surface area contributed by atoms with Crippen LogP contribution in [0, 0.1) is 6.92 Å². The second kappa shape index (κ2) is 7.50. The van der Waals surface area contributed by atoms with Gasteiger partial charge in [0.2, 0.25) is 13.4 Å². The van der Waals surface area contributed by atoms with Gasteiger partial charge in [0.15, 0.2) is 0 Å². The number of hydrogen-bond acceptors (Lipinski definition) is 1. The highest BCUT2D eigenvalue weighted by Crippen LogP contribution is 2.46. The summed E-state index contributed by atoms with van der Waals surface area (Å²) < 4.78 is 5.91. The third-order valence-electron chi connectivity index (χ3n) is 11.5. The second-order valence-corrected chi connectivity index (χ2v) is 13.6. The van der Waals surface area contributed by atoms with Crippen LogP contribution in [0.15, 0.2) is 109 Å². The number of ether oxygens (including phenoxy) is 1. The molecule has 4 aliphatic rings. The van der Waals surface area contributed by atoms with Gasteiger partial charge in [-0.05, 0) is 101 Å². The number of benzene rings is 8. The number of fused-ring (bicyclic) bond motifs is 10. The van der Waals surface area contributed by atoms with Crippen molar-refractivity contribution in [3.05, 3.63) is 115 Å². The van der Waals surface area contributed by atoms with Gasteiger partial charge in [0.1, 0.15) is 5.75 Å². The van der Waals surface area contributed by atoms with Crippen LogP contribution in [0.2, 0.25) is 0 Å². The Bertz CT molecular complexity index is 2720. The van der Waals surface area contributed by atoms with Crippen LogP contribution in [-0.2, 0) is 0 Å². The van der Waals surface area contributed by atoms with E-state index in [9.17, 15) is 0 Å². The molecular formula is C42H24B2O. The molecule has 0 radical (unpaired) electrons. The van der Waals surface area contributed by atoms with Gasteiger partial charge in [-0.3, -0.25) is 0 Å². The van der Waals surface area contributed by atoms with Crippen LogP contribution < -0.4 is 37.5 Å². The zero-order valence-electron chi connectivity index (χ0n) is 25.0. The SMILES string of the molecule is COc1cc2c3c(c1)-c1ccc4cc5c6c(ccc7cc(c1c4c76)B3c1ccccc1-2)-c1cc(C)cc2c1B5c1ccccc1-2. The molecule has 4 aliphatic heterocycles. The van der Waals surface area contributed by atoms with Crippen LogP contribution >= 0.6 is 0 Å². The van der Waals surface area contributed by atoms with E-state index in [1.165, 1.54) is 115 Å². The van der Waals surface area contributed by atoms with Crippen molar-refractivity contribution in [2.45, 2.75) is 6.92 Å². The lowest BCUT2D eigenvalue weighted by Crippen LogP contribution is -2.52. The van der Waals surface area contributed by atoms with Gasteiger partial charge in [0.05, 0.1) is 7.11 Å². The fraction of sp³-hybridized carbons (Fsp3) is 0.0476. The Morgan fingerprint density at radius 3 is 1.42 bits per heavy atom. The highest BCUT2D eigenvalue weighted by Gasteiger charge is 2.43. The van der Waals surface area contributed by atoms with E-state index < -0.39 is 0 Å². The summed E-state index contributed by atoms with van der Waals surface area (Å²) in [6.45, 7) is 2.73. The maximum absolute atomic E-state index is 5.91. The monoisotopic (exact) mass is 566 g/mol. The number of hydrogen-bond donors (Lipinski definition) is 0. The molecule has 204 valence electrons. The van der Waals surface area contributed by atoms with Crippen LogP contribution in [0.25, 0.3) is 76.8 Å². The zero-order chi connectivity index (χ0) is 29.3. The Labute approximate surface area is 261 Å². The molecule has 4 heterocycles. The third-order valence-corrected chi connectivity index (χ3v) is 11.5. The minimum absolute atomic E-state index is 0.221. The summed E-state index contributed by atoms with van der Waals surface area (Å²) in [5.41, 5.74) is 20.9. The highest BCUT2D eigenvalue weighted by molar-refractivity contribution is 7.03. The van der Waals surface area contributed by atoms with Gasteiger partial charge in [-0.15, -0.1) is 0 Å². The van der Waals surface area contributed by atoms with E-state index in [1.807, 2.05) is 0 Å². The van der Waals surface area contributed by atoms with E-state index in [-0.39, 0.29) is 13.4 Å². The van der Waals surface area contributed by atoms with Gasteiger partial charge in [-0.25, -0.2) is 0 Å². The fourth-order valence-corrected chi connectivity index (χ4v) is 10.0. The van der Waals surface area contributed by atoms with E-state index >= 15 is 0 Å². The van der Waals surface area contributed by atoms with E-state index in [0.29, 0.717) is 0 Å². The van der Waals surface area contributed by atoms with Gasteiger partial charge in [0, 0.05) is 0 Å². The number of aryl methyl sites for hydroxylation is 1. The Morgan fingerprint density at radius 1 is 0.422 bits per heavy atom. The van der Waals surface area contributed by atoms with Gasteiger partial charge >= 0.3 is 0 Å². The predicted molar refractivity (Wildman–Crippen MR) is 192 cm³/mol. The van der Waals surface area contributed by atoms with Crippen LogP contribution in [0.1, 0.15) is 5.56 Å². The van der Waals surface area contributed by atoms with Crippen molar-refractivity contribution in [2.24, 2.45) is 0 Å². The highest BCUT2D eigenvalue weighted by atomic mass is 16.5. The first-order valence-electron chi connectivity index (χ1n) is 16.0. The number of methoxy groups -OCH3 is 1. The molecule has 0 bridgehead atoms. The molecule has 0 aromatic heterocycles. The lowest BCUT2D eigenvalue weighted by atomic mass is 9.34. The lowest BCUT2D eigenvalue weighted by Gasteiger charge is -2.31. The summed E-state index contributed by atoms with van der Waals surface area (Å²) in [5.74, 6) is 0.926. The molecule has 1 nitrogen and oxygen atoms in total. The van der Waals surface area contributed by atoms with Crippen molar-refractivity contribution < 1.29 is 4.74 Å². The molecule has 0 spiro atoms. The standard InChI is InChI=1S/C42H24B2O/c1-21-15-29-25-7-3-5-9-33(25)43-35-17-23-12-14-28-32-20-24(45-2)19-31-26-8-4-6-10-34(26)44(42(31)32)36-18-22-11-13-27(30(16-21)41(29)43)39(35)37(22)38(23)40(28)36/h3-20H,1-2H3. The first-order valence-corrected chi connectivity index (χ1v) is 16.0. The van der Waals surface area contributed by atoms with E-state index in [4.69, 9.17) is 4.74 Å². The molecule has 0 N–H and O–H groups in total. The topological polar surface area (TPSA) is 9.23 Å². The molecule has 0 amide bonds. The largest absolute Gasteiger partial charge is 0.497 e. The minimum atomic E-state index is 0.221. The Kier molecular flexibility index (Phi) is 3.86. The fourth-order valence-electron chi connectivity index (χ4n) is 10.0. The van der Waals surface area contributed by atoms with Gasteiger partial charge < -0.3 is 4.74 Å². The maximum atomic E-state index is 5.91. The summed E-state index contributed by atoms with van der Waals surface area (Å²) >= 11 is 0. The first-order chi connectivity index (χ1) is 22.2. The molecule has 0 saturated heterocycles. The van der Waals surface area contributed by atoms with Crippen molar-refractivity contribution in [1.82, 2.24) is 0 Å². The third kappa shape index (κ3) is 2.49. The van der Waals surface area contributed by atoms with Crippen molar-refractivity contribution >= 4 is 78.5 Å². The van der Waals surface area contributed by atoms with E-state index in [2.05, 4.69) is 116 Å². The molecule has 8 aromatic carbocycles. The number of rotatable bonds is 1. The molecule has 45 heavy (non-hydrogen) atoms. The average molecular weight is 566 g/mol. The summed E-state index contributed by atoms with van der Waals surface area (Å²) in [7, 11) is 1.79. The Morgan fingerprint density at radius 2 is 0.889 bits per heavy atom. The van der Waals surface area contributed by atoms with Crippen LogP contribution in [0.5, 0.6) is 5.75 Å². The van der Waals surface area contributed by atoms with Crippen molar-refractivity contribution in [1.29, 1.82) is 0 Å². The van der Waals surface area contributed by atoms with Gasteiger partial charge in [-0.1, -0.05) is 130 Å². The van der Waals surface area contributed by atoms with Crippen LogP contribution in [0.3, 0.4) is 0 Å². The van der Waals surface area contributed by atoms with Crippen molar-refractivity contribution in [3.63, 3.8) is 0 Å². The van der Waals surface area contributed by atoms with Crippen LogP contribution in [-0.4, -0.2) is 20.5 Å². The van der Waals surface area contributed by atoms with Gasteiger partial charge in [0.25, 0.3) is 0 Å². The smallest absolute Gasteiger partial charge is 0.244 e. The summed E-state index contributed by atoms with van der Waals surface area (Å²) in [6.07, 6.45) is 0. The molecule has 0 unspecified atom stereocenters. The van der Waals surface area contributed by atoms with E-state index in [0.717, 1.165) is 5.75 Å². The van der Waals surface area contributed by atoms with Gasteiger partial charge in [-0.2, -0.15) is 0 Å². The molecule has 3 heteroatoms.